The van der Waals surface area contributed by atoms with Crippen molar-refractivity contribution >= 4 is 22.8 Å². The fraction of sp³-hybridized carbons (Fsp3) is 0.400. The van der Waals surface area contributed by atoms with Crippen molar-refractivity contribution in [2.24, 2.45) is 5.92 Å². The van der Waals surface area contributed by atoms with Crippen molar-refractivity contribution in [2.75, 3.05) is 0 Å². The van der Waals surface area contributed by atoms with Gasteiger partial charge in [-0.3, -0.25) is 0 Å². The molecule has 1 N–H and O–H groups in total. The lowest BCUT2D eigenvalue weighted by Crippen LogP contribution is -1.95. The molecule has 0 bridgehead atoms. The molecule has 2 aromatic rings. The molecule has 2 heterocycles. The second-order valence-corrected chi connectivity index (χ2v) is 4.17. The van der Waals surface area contributed by atoms with Gasteiger partial charge in [-0.05, 0) is 18.1 Å². The monoisotopic (exact) mass is 209 g/mol. The number of rotatable bonds is 2. The Balaban J connectivity index is 2.41. The van der Waals surface area contributed by atoms with Crippen LogP contribution < -0.4 is 0 Å². The Morgan fingerprint density at radius 1 is 1.36 bits per heavy atom. The van der Waals surface area contributed by atoms with E-state index in [2.05, 4.69) is 28.8 Å². The average Bonchev–Trinajstić information content (AvgIpc) is 2.44. The molecule has 0 saturated carbocycles. The fourth-order valence-corrected chi connectivity index (χ4v) is 1.55. The van der Waals surface area contributed by atoms with Crippen molar-refractivity contribution < 1.29 is 0 Å². The highest BCUT2D eigenvalue weighted by Crippen LogP contribution is 2.14. The molecule has 2 aromatic heterocycles. The predicted molar refractivity (Wildman–Crippen MR) is 57.4 cm³/mol. The highest BCUT2D eigenvalue weighted by molar-refractivity contribution is 6.29. The predicted octanol–water partition coefficient (Wildman–Crippen LogP) is 2.81. The molecule has 0 unspecified atom stereocenters. The molecule has 0 spiro atoms. The van der Waals surface area contributed by atoms with E-state index in [1.54, 1.807) is 6.07 Å². The van der Waals surface area contributed by atoms with Gasteiger partial charge >= 0.3 is 0 Å². The molecule has 0 aromatic carbocycles. The minimum atomic E-state index is 0.486. The molecule has 4 heteroatoms. The van der Waals surface area contributed by atoms with Gasteiger partial charge in [0.1, 0.15) is 11.0 Å². The number of pyridine rings is 1. The van der Waals surface area contributed by atoms with E-state index in [1.807, 2.05) is 6.07 Å². The van der Waals surface area contributed by atoms with Gasteiger partial charge in [-0.2, -0.15) is 0 Å². The van der Waals surface area contributed by atoms with E-state index in [4.69, 9.17) is 11.6 Å². The summed E-state index contributed by atoms with van der Waals surface area (Å²) in [6.45, 7) is 4.32. The van der Waals surface area contributed by atoms with Gasteiger partial charge in [0, 0.05) is 6.42 Å². The summed E-state index contributed by atoms with van der Waals surface area (Å²) in [7, 11) is 0. The molecule has 0 radical (unpaired) electrons. The third-order valence-corrected chi connectivity index (χ3v) is 2.17. The number of H-pyrrole nitrogens is 1. The van der Waals surface area contributed by atoms with Crippen molar-refractivity contribution in [1.29, 1.82) is 0 Å². The summed E-state index contributed by atoms with van der Waals surface area (Å²) in [6.07, 6.45) is 0.938. The Kier molecular flexibility index (Phi) is 2.42. The van der Waals surface area contributed by atoms with Crippen LogP contribution >= 0.6 is 11.6 Å². The average molecular weight is 210 g/mol. The lowest BCUT2D eigenvalue weighted by Gasteiger charge is -1.98. The van der Waals surface area contributed by atoms with Gasteiger partial charge in [0.25, 0.3) is 0 Å². The zero-order valence-electron chi connectivity index (χ0n) is 8.21. The molecule has 0 amide bonds. The van der Waals surface area contributed by atoms with Gasteiger partial charge in [0.05, 0.1) is 5.52 Å². The Bertz CT molecular complexity index is 448. The van der Waals surface area contributed by atoms with Crippen LogP contribution in [-0.2, 0) is 6.42 Å². The molecule has 14 heavy (non-hydrogen) atoms. The quantitative estimate of drug-likeness (QED) is 0.773. The van der Waals surface area contributed by atoms with Crippen molar-refractivity contribution in [2.45, 2.75) is 20.3 Å². The standard InChI is InChI=1S/C10H12ClN3/c1-6(2)5-9-12-7-3-4-8(11)13-10(7)14-9/h3-4,6H,5H2,1-2H3,(H,12,13,14). The summed E-state index contributed by atoms with van der Waals surface area (Å²) in [5, 5.41) is 0.486. The molecular weight excluding hydrogens is 198 g/mol. The van der Waals surface area contributed by atoms with Gasteiger partial charge in [0.2, 0.25) is 0 Å². The number of aromatic nitrogens is 3. The maximum absolute atomic E-state index is 5.77. The minimum absolute atomic E-state index is 0.486. The van der Waals surface area contributed by atoms with Crippen molar-refractivity contribution in [3.8, 4) is 0 Å². The van der Waals surface area contributed by atoms with E-state index in [1.165, 1.54) is 0 Å². The summed E-state index contributed by atoms with van der Waals surface area (Å²) < 4.78 is 0. The SMILES string of the molecule is CC(C)Cc1nc2nc(Cl)ccc2[nH]1. The minimum Gasteiger partial charge on any atom is -0.341 e. The van der Waals surface area contributed by atoms with Gasteiger partial charge in [-0.1, -0.05) is 25.4 Å². The molecule has 0 aliphatic heterocycles. The second kappa shape index (κ2) is 3.58. The molecule has 0 atom stereocenters. The van der Waals surface area contributed by atoms with E-state index in [-0.39, 0.29) is 0 Å². The lowest BCUT2D eigenvalue weighted by molar-refractivity contribution is 0.627. The van der Waals surface area contributed by atoms with E-state index in [9.17, 15) is 0 Å². The molecule has 0 fully saturated rings. The van der Waals surface area contributed by atoms with Crippen LogP contribution in [-0.4, -0.2) is 15.0 Å². The first-order chi connectivity index (χ1) is 6.65. The van der Waals surface area contributed by atoms with Crippen LogP contribution in [0.1, 0.15) is 19.7 Å². The van der Waals surface area contributed by atoms with Crippen molar-refractivity contribution in [1.82, 2.24) is 15.0 Å². The Hall–Kier alpha value is -1.09. The van der Waals surface area contributed by atoms with E-state index in [0.717, 1.165) is 17.8 Å². The number of hydrogen-bond donors (Lipinski definition) is 1. The summed E-state index contributed by atoms with van der Waals surface area (Å²) in [5.74, 6) is 1.57. The Labute approximate surface area is 87.5 Å². The lowest BCUT2D eigenvalue weighted by atomic mass is 10.1. The summed E-state index contributed by atoms with van der Waals surface area (Å²) >= 11 is 5.77. The molecule has 0 aliphatic rings. The van der Waals surface area contributed by atoms with E-state index >= 15 is 0 Å². The zero-order valence-corrected chi connectivity index (χ0v) is 8.97. The zero-order chi connectivity index (χ0) is 10.1. The topological polar surface area (TPSA) is 41.6 Å². The van der Waals surface area contributed by atoms with Crippen LogP contribution in [0.5, 0.6) is 0 Å². The number of fused-ring (bicyclic) bond motifs is 1. The third-order valence-electron chi connectivity index (χ3n) is 1.96. The van der Waals surface area contributed by atoms with Gasteiger partial charge in [-0.25, -0.2) is 9.97 Å². The van der Waals surface area contributed by atoms with Gasteiger partial charge in [0.15, 0.2) is 5.65 Å². The fourth-order valence-electron chi connectivity index (χ4n) is 1.40. The maximum Gasteiger partial charge on any atom is 0.179 e. The van der Waals surface area contributed by atoms with Gasteiger partial charge in [-0.15, -0.1) is 0 Å². The van der Waals surface area contributed by atoms with Crippen LogP contribution in [0, 0.1) is 5.92 Å². The molecule has 2 rings (SSSR count). The normalized spacial score (nSPS) is 11.4. The molecule has 0 aliphatic carbocycles. The first kappa shape index (κ1) is 9.46. The van der Waals surface area contributed by atoms with E-state index < -0.39 is 0 Å². The van der Waals surface area contributed by atoms with Crippen LogP contribution in [0.25, 0.3) is 11.2 Å². The smallest absolute Gasteiger partial charge is 0.179 e. The summed E-state index contributed by atoms with van der Waals surface area (Å²) in [6, 6.07) is 3.67. The van der Waals surface area contributed by atoms with Crippen molar-refractivity contribution in [3.63, 3.8) is 0 Å². The van der Waals surface area contributed by atoms with Crippen molar-refractivity contribution in [3.05, 3.63) is 23.1 Å². The number of hydrogen-bond acceptors (Lipinski definition) is 2. The first-order valence-electron chi connectivity index (χ1n) is 4.66. The molecule has 0 saturated heterocycles. The largest absolute Gasteiger partial charge is 0.341 e. The number of nitrogens with zero attached hydrogens (tertiary/aromatic N) is 2. The number of halogens is 1. The second-order valence-electron chi connectivity index (χ2n) is 3.79. The van der Waals surface area contributed by atoms with Crippen LogP contribution in [0.2, 0.25) is 5.15 Å². The van der Waals surface area contributed by atoms with Crippen LogP contribution in [0.3, 0.4) is 0 Å². The molecular formula is C10H12ClN3. The highest BCUT2D eigenvalue weighted by atomic mass is 35.5. The Morgan fingerprint density at radius 2 is 2.14 bits per heavy atom. The van der Waals surface area contributed by atoms with Gasteiger partial charge < -0.3 is 4.98 Å². The molecule has 3 nitrogen and oxygen atoms in total. The third kappa shape index (κ3) is 1.87. The highest BCUT2D eigenvalue weighted by Gasteiger charge is 2.05. The number of nitrogens with one attached hydrogen (secondary N) is 1. The maximum atomic E-state index is 5.77. The Morgan fingerprint density at radius 3 is 2.86 bits per heavy atom. The number of aromatic amines is 1. The number of imidazole rings is 1. The molecule has 74 valence electrons. The summed E-state index contributed by atoms with van der Waals surface area (Å²) in [5.41, 5.74) is 1.65. The first-order valence-corrected chi connectivity index (χ1v) is 5.04. The van der Waals surface area contributed by atoms with Crippen LogP contribution in [0.15, 0.2) is 12.1 Å². The summed E-state index contributed by atoms with van der Waals surface area (Å²) in [4.78, 5) is 11.7. The van der Waals surface area contributed by atoms with Crippen LogP contribution in [0.4, 0.5) is 0 Å². The van der Waals surface area contributed by atoms with E-state index in [0.29, 0.717) is 16.7 Å².